The van der Waals surface area contributed by atoms with Gasteiger partial charge in [-0.3, -0.25) is 4.79 Å². The molecule has 0 aliphatic carbocycles. The number of halogens is 1. The number of nitrogens with zero attached hydrogens (tertiary/aromatic N) is 2. The van der Waals surface area contributed by atoms with Gasteiger partial charge in [-0.05, 0) is 73.5 Å². The van der Waals surface area contributed by atoms with Gasteiger partial charge < -0.3 is 5.32 Å². The second kappa shape index (κ2) is 9.85. The predicted octanol–water partition coefficient (Wildman–Crippen LogP) is 5.84. The van der Waals surface area contributed by atoms with Crippen molar-refractivity contribution in [3.63, 3.8) is 0 Å². The highest BCUT2D eigenvalue weighted by molar-refractivity contribution is 7.92. The van der Waals surface area contributed by atoms with Crippen LogP contribution in [0.2, 0.25) is 5.02 Å². The first kappa shape index (κ1) is 24.4. The minimum absolute atomic E-state index is 0.0137. The van der Waals surface area contributed by atoms with Crippen LogP contribution < -0.4 is 10.0 Å². The Morgan fingerprint density at radius 1 is 0.800 bits per heavy atom. The lowest BCUT2D eigenvalue weighted by Gasteiger charge is -2.12. The average Bonchev–Trinajstić information content (AvgIpc) is 2.81. The van der Waals surface area contributed by atoms with Gasteiger partial charge in [-0.25, -0.2) is 23.1 Å². The van der Waals surface area contributed by atoms with Gasteiger partial charge in [0.05, 0.1) is 16.3 Å². The van der Waals surface area contributed by atoms with Crippen molar-refractivity contribution in [3.05, 3.63) is 88.9 Å². The highest BCUT2D eigenvalue weighted by Crippen LogP contribution is 2.28. The Balaban J connectivity index is 1.75. The molecule has 3 aromatic carbocycles. The topological polar surface area (TPSA) is 101 Å². The SMILES string of the molecule is CC(=O)Nc1ccc(S(=O)(=O)Nc2nc(-c3ccc(Cl)cc3)cc(-c3ccc(C)c(C)c3)n2)cc1. The average molecular weight is 507 g/mol. The molecule has 4 rings (SSSR count). The van der Waals surface area contributed by atoms with E-state index in [4.69, 9.17) is 11.6 Å². The molecule has 1 aromatic heterocycles. The lowest BCUT2D eigenvalue weighted by atomic mass is 10.0. The monoisotopic (exact) mass is 506 g/mol. The quantitative estimate of drug-likeness (QED) is 0.342. The maximum absolute atomic E-state index is 13.1. The van der Waals surface area contributed by atoms with Gasteiger partial charge in [0.25, 0.3) is 10.0 Å². The molecule has 2 N–H and O–H groups in total. The summed E-state index contributed by atoms with van der Waals surface area (Å²) in [4.78, 5) is 20.2. The molecule has 0 unspecified atom stereocenters. The predicted molar refractivity (Wildman–Crippen MR) is 139 cm³/mol. The largest absolute Gasteiger partial charge is 0.326 e. The Bertz CT molecular complexity index is 1500. The number of sulfonamides is 1. The number of rotatable bonds is 6. The number of carbonyl (C=O) groups is 1. The Hall–Kier alpha value is -3.75. The van der Waals surface area contributed by atoms with E-state index in [0.717, 1.165) is 22.3 Å². The van der Waals surface area contributed by atoms with E-state index in [1.807, 2.05) is 50.2 Å². The van der Waals surface area contributed by atoms with Crippen LogP contribution in [0.3, 0.4) is 0 Å². The number of anilines is 2. The van der Waals surface area contributed by atoms with Crippen molar-refractivity contribution in [2.45, 2.75) is 25.7 Å². The fourth-order valence-corrected chi connectivity index (χ4v) is 4.48. The molecule has 4 aromatic rings. The molecule has 0 radical (unpaired) electrons. The van der Waals surface area contributed by atoms with E-state index >= 15 is 0 Å². The van der Waals surface area contributed by atoms with Crippen molar-refractivity contribution < 1.29 is 13.2 Å². The van der Waals surface area contributed by atoms with Crippen molar-refractivity contribution in [1.82, 2.24) is 9.97 Å². The highest BCUT2D eigenvalue weighted by atomic mass is 35.5. The number of aryl methyl sites for hydroxylation is 2. The van der Waals surface area contributed by atoms with E-state index in [1.165, 1.54) is 31.2 Å². The maximum atomic E-state index is 13.1. The number of benzene rings is 3. The van der Waals surface area contributed by atoms with Crippen LogP contribution >= 0.6 is 11.6 Å². The molecule has 1 amide bonds. The molecule has 7 nitrogen and oxygen atoms in total. The normalized spacial score (nSPS) is 11.2. The van der Waals surface area contributed by atoms with Gasteiger partial charge >= 0.3 is 0 Å². The van der Waals surface area contributed by atoms with Crippen LogP contribution in [0, 0.1) is 13.8 Å². The summed E-state index contributed by atoms with van der Waals surface area (Å²) in [6.07, 6.45) is 0. The third-order valence-electron chi connectivity index (χ3n) is 5.38. The van der Waals surface area contributed by atoms with Crippen LogP contribution in [0.5, 0.6) is 0 Å². The molecule has 0 atom stereocenters. The van der Waals surface area contributed by atoms with Gasteiger partial charge in [0.1, 0.15) is 0 Å². The minimum atomic E-state index is -3.99. The van der Waals surface area contributed by atoms with Gasteiger partial charge in [-0.1, -0.05) is 35.9 Å². The second-order valence-electron chi connectivity index (χ2n) is 8.08. The first-order valence-corrected chi connectivity index (χ1v) is 12.6. The molecule has 1 heterocycles. The molecular formula is C26H23ClN4O3S. The number of aromatic nitrogens is 2. The molecular weight excluding hydrogens is 484 g/mol. The van der Waals surface area contributed by atoms with Crippen molar-refractivity contribution in [1.29, 1.82) is 0 Å². The summed E-state index contributed by atoms with van der Waals surface area (Å²) in [5.74, 6) is -0.304. The standard InChI is InChI=1S/C26H23ClN4O3S/c1-16-4-5-20(14-17(16)2)25-15-24(19-6-8-21(27)9-7-19)29-26(30-25)31-35(33,34)23-12-10-22(11-13-23)28-18(3)32/h4-15H,1-3H3,(H,28,32)(H,29,30,31). The van der Waals surface area contributed by atoms with E-state index in [1.54, 1.807) is 12.1 Å². The van der Waals surface area contributed by atoms with E-state index in [0.29, 0.717) is 22.1 Å². The number of hydrogen-bond donors (Lipinski definition) is 2. The summed E-state index contributed by atoms with van der Waals surface area (Å²) in [5, 5.41) is 3.19. The molecule has 0 fully saturated rings. The molecule has 0 saturated carbocycles. The fraction of sp³-hybridized carbons (Fsp3) is 0.115. The molecule has 0 bridgehead atoms. The molecule has 0 spiro atoms. The Labute approximate surface area is 209 Å². The number of amides is 1. The zero-order valence-corrected chi connectivity index (χ0v) is 20.9. The molecule has 0 aliphatic rings. The Kier molecular flexibility index (Phi) is 6.86. The molecule has 0 saturated heterocycles. The minimum Gasteiger partial charge on any atom is -0.326 e. The Morgan fingerprint density at radius 3 is 2.00 bits per heavy atom. The summed E-state index contributed by atoms with van der Waals surface area (Å²) >= 11 is 6.04. The highest BCUT2D eigenvalue weighted by Gasteiger charge is 2.18. The van der Waals surface area contributed by atoms with Crippen LogP contribution in [-0.4, -0.2) is 24.3 Å². The summed E-state index contributed by atoms with van der Waals surface area (Å²) in [6, 6.07) is 20.7. The third-order valence-corrected chi connectivity index (χ3v) is 6.98. The van der Waals surface area contributed by atoms with Gasteiger partial charge in [0.2, 0.25) is 11.9 Å². The lowest BCUT2D eigenvalue weighted by molar-refractivity contribution is -0.114. The van der Waals surface area contributed by atoms with Crippen LogP contribution in [0.4, 0.5) is 11.6 Å². The lowest BCUT2D eigenvalue weighted by Crippen LogP contribution is -2.16. The summed E-state index contributed by atoms with van der Waals surface area (Å²) in [5.41, 5.74) is 5.46. The van der Waals surface area contributed by atoms with Gasteiger partial charge in [-0.2, -0.15) is 0 Å². The molecule has 178 valence electrons. The van der Waals surface area contributed by atoms with Crippen molar-refractivity contribution in [3.8, 4) is 22.5 Å². The fourth-order valence-electron chi connectivity index (χ4n) is 3.41. The molecule has 0 aliphatic heterocycles. The van der Waals surface area contributed by atoms with Crippen LogP contribution in [0.25, 0.3) is 22.5 Å². The van der Waals surface area contributed by atoms with Crippen molar-refractivity contribution in [2.75, 3.05) is 10.0 Å². The number of hydrogen-bond acceptors (Lipinski definition) is 5. The van der Waals surface area contributed by atoms with Gasteiger partial charge in [0.15, 0.2) is 0 Å². The smallest absolute Gasteiger partial charge is 0.264 e. The molecule has 9 heteroatoms. The number of nitrogens with one attached hydrogen (secondary N) is 2. The van der Waals surface area contributed by atoms with E-state index in [2.05, 4.69) is 20.0 Å². The molecule has 35 heavy (non-hydrogen) atoms. The zero-order valence-electron chi connectivity index (χ0n) is 19.3. The van der Waals surface area contributed by atoms with Gasteiger partial charge in [-0.15, -0.1) is 0 Å². The summed E-state index contributed by atoms with van der Waals surface area (Å²) < 4.78 is 28.6. The summed E-state index contributed by atoms with van der Waals surface area (Å²) in [7, 11) is -3.99. The third kappa shape index (κ3) is 5.85. The zero-order chi connectivity index (χ0) is 25.2. The van der Waals surface area contributed by atoms with Crippen molar-refractivity contribution in [2.24, 2.45) is 0 Å². The van der Waals surface area contributed by atoms with Crippen LogP contribution in [0.15, 0.2) is 77.7 Å². The summed E-state index contributed by atoms with van der Waals surface area (Å²) in [6.45, 7) is 5.41. The van der Waals surface area contributed by atoms with Gasteiger partial charge in [0, 0.05) is 28.8 Å². The van der Waals surface area contributed by atoms with E-state index < -0.39 is 10.0 Å². The van der Waals surface area contributed by atoms with Crippen LogP contribution in [-0.2, 0) is 14.8 Å². The van der Waals surface area contributed by atoms with Crippen LogP contribution in [0.1, 0.15) is 18.1 Å². The van der Waals surface area contributed by atoms with E-state index in [9.17, 15) is 13.2 Å². The maximum Gasteiger partial charge on any atom is 0.264 e. The second-order valence-corrected chi connectivity index (χ2v) is 10.2. The first-order chi connectivity index (χ1) is 16.6. The Morgan fingerprint density at radius 2 is 1.40 bits per heavy atom. The van der Waals surface area contributed by atoms with E-state index in [-0.39, 0.29) is 16.8 Å². The van der Waals surface area contributed by atoms with Crippen molar-refractivity contribution >= 4 is 39.2 Å². The first-order valence-electron chi connectivity index (χ1n) is 10.7. The number of carbonyl (C=O) groups excluding carboxylic acids is 1.